The first-order valence-corrected chi connectivity index (χ1v) is 10.4. The lowest BCUT2D eigenvalue weighted by Crippen LogP contribution is -2.61. The van der Waals surface area contributed by atoms with Crippen molar-refractivity contribution in [2.75, 3.05) is 27.2 Å². The van der Waals surface area contributed by atoms with Gasteiger partial charge < -0.3 is 30.3 Å². The van der Waals surface area contributed by atoms with Crippen molar-refractivity contribution in [1.82, 2.24) is 15.1 Å². The zero-order valence-corrected chi connectivity index (χ0v) is 17.2. The molecule has 0 radical (unpaired) electrons. The number of carbonyl (C=O) groups excluding carboxylic acids is 1. The van der Waals surface area contributed by atoms with E-state index >= 15 is 0 Å². The summed E-state index contributed by atoms with van der Waals surface area (Å²) >= 11 is 1.51. The number of fused-ring (bicyclic) bond motifs is 1. The van der Waals surface area contributed by atoms with Gasteiger partial charge in [-0.25, -0.2) is 4.79 Å². The number of rotatable bonds is 8. The number of aliphatic hydroxyl groups excluding tert-OH is 2. The zero-order valence-electron chi connectivity index (χ0n) is 16.4. The average Bonchev–Trinajstić information content (AvgIpc) is 3.15. The van der Waals surface area contributed by atoms with Crippen molar-refractivity contribution >= 4 is 23.8 Å². The molecule has 3 heterocycles. The molecule has 3 rings (SSSR count). The second kappa shape index (κ2) is 8.58. The lowest BCUT2D eigenvalue weighted by atomic mass is 9.84. The van der Waals surface area contributed by atoms with Gasteiger partial charge in [0.15, 0.2) is 0 Å². The highest BCUT2D eigenvalue weighted by Gasteiger charge is 2.57. The van der Waals surface area contributed by atoms with Crippen LogP contribution >= 0.6 is 11.8 Å². The summed E-state index contributed by atoms with van der Waals surface area (Å²) in [7, 11) is 3.94. The van der Waals surface area contributed by atoms with Gasteiger partial charge in [0.2, 0.25) is 11.8 Å². The van der Waals surface area contributed by atoms with Crippen molar-refractivity contribution in [3.63, 3.8) is 0 Å². The van der Waals surface area contributed by atoms with Gasteiger partial charge in [0.25, 0.3) is 0 Å². The molecule has 6 atom stereocenters. The van der Waals surface area contributed by atoms with Crippen LogP contribution in [-0.2, 0) is 9.53 Å². The van der Waals surface area contributed by atoms with Crippen LogP contribution in [0.15, 0.2) is 10.8 Å². The monoisotopic (exact) mass is 415 g/mol. The van der Waals surface area contributed by atoms with Crippen LogP contribution in [0.5, 0.6) is 0 Å². The van der Waals surface area contributed by atoms with E-state index in [1.54, 1.807) is 6.92 Å². The molecule has 0 saturated carbocycles. The predicted octanol–water partition coefficient (Wildman–Crippen LogP) is 0.238. The Bertz CT molecular complexity index is 655. The van der Waals surface area contributed by atoms with Crippen LogP contribution in [0, 0.1) is 5.92 Å². The second-order valence-electron chi connectivity index (χ2n) is 7.99. The van der Waals surface area contributed by atoms with Gasteiger partial charge in [-0.2, -0.15) is 0 Å². The highest BCUT2D eigenvalue weighted by Crippen LogP contribution is 2.48. The maximum absolute atomic E-state index is 12.3. The van der Waals surface area contributed by atoms with Crippen molar-refractivity contribution in [2.24, 2.45) is 5.92 Å². The summed E-state index contributed by atoms with van der Waals surface area (Å²) in [4.78, 5) is 27.5. The molecule has 3 aliphatic rings. The molecular weight excluding hydrogens is 386 g/mol. The summed E-state index contributed by atoms with van der Waals surface area (Å²) in [6, 6.07) is -0.257. The molecule has 2 fully saturated rings. The first kappa shape index (κ1) is 21.4. The minimum absolute atomic E-state index is 0.00725. The van der Waals surface area contributed by atoms with Crippen molar-refractivity contribution in [3.8, 4) is 0 Å². The van der Waals surface area contributed by atoms with Crippen LogP contribution in [0.25, 0.3) is 0 Å². The van der Waals surface area contributed by atoms with E-state index in [9.17, 15) is 19.8 Å². The Balaban J connectivity index is 1.63. The number of amides is 1. The van der Waals surface area contributed by atoms with E-state index in [0.29, 0.717) is 19.4 Å². The number of nitrogens with one attached hydrogen (secondary N) is 1. The third-order valence-electron chi connectivity index (χ3n) is 5.59. The smallest absolute Gasteiger partial charge is 0.449 e. The van der Waals surface area contributed by atoms with E-state index < -0.39 is 24.3 Å². The third kappa shape index (κ3) is 4.30. The number of ether oxygens (including phenoxy) is 1. The van der Waals surface area contributed by atoms with Gasteiger partial charge in [-0.05, 0) is 33.9 Å². The fourth-order valence-electron chi connectivity index (χ4n) is 4.17. The van der Waals surface area contributed by atoms with Crippen LogP contribution in [0.4, 0.5) is 4.79 Å². The third-order valence-corrected chi connectivity index (χ3v) is 6.91. The second-order valence-corrected chi connectivity index (χ2v) is 9.39. The number of hydrogen-bond acceptors (Lipinski definition) is 8. The van der Waals surface area contributed by atoms with E-state index in [1.165, 1.54) is 16.7 Å². The molecule has 0 aromatic rings. The normalized spacial score (nSPS) is 31.8. The number of hydrogen-bond donors (Lipinski definition) is 4. The molecular formula is C18H29N3O6S. The van der Waals surface area contributed by atoms with Gasteiger partial charge in [-0.1, -0.05) is 0 Å². The lowest BCUT2D eigenvalue weighted by Gasteiger charge is -2.44. The highest BCUT2D eigenvalue weighted by atomic mass is 32.2. The Hall–Kier alpha value is -1.33. The Morgan fingerprint density at radius 1 is 1.43 bits per heavy atom. The Labute approximate surface area is 168 Å². The Kier molecular flexibility index (Phi) is 6.55. The quantitative estimate of drug-likeness (QED) is 0.326. The number of thioether (sulfide) groups is 1. The lowest BCUT2D eigenvalue weighted by molar-refractivity contribution is -0.160. The van der Waals surface area contributed by atoms with Gasteiger partial charge in [-0.15, -0.1) is 11.8 Å². The molecule has 9 nitrogen and oxygen atoms in total. The standard InChI is InChI=1S/C18H29N3O6S/c1-9(22)15-12-7-14(17(27-18(25)26)21(12)16(15)24)28-10-6-11(19-8-10)13(23)4-5-20(2)3/h9-13,15,19,22-23H,4-8H2,1-3H3,(H,25,26)/t9-,10+,11+,12-,13-,15-/m1/s1. The van der Waals surface area contributed by atoms with E-state index in [2.05, 4.69) is 5.32 Å². The zero-order chi connectivity index (χ0) is 20.6. The van der Waals surface area contributed by atoms with Crippen LogP contribution in [0.3, 0.4) is 0 Å². The minimum atomic E-state index is -1.46. The molecule has 0 spiro atoms. The van der Waals surface area contributed by atoms with Gasteiger partial charge in [0.1, 0.15) is 0 Å². The summed E-state index contributed by atoms with van der Waals surface area (Å²) in [6.45, 7) is 3.07. The Morgan fingerprint density at radius 3 is 2.75 bits per heavy atom. The first-order valence-electron chi connectivity index (χ1n) is 9.57. The van der Waals surface area contributed by atoms with Crippen LogP contribution in [0.2, 0.25) is 0 Å². The summed E-state index contributed by atoms with van der Waals surface area (Å²) in [5.74, 6) is -0.734. The van der Waals surface area contributed by atoms with Crippen LogP contribution < -0.4 is 5.32 Å². The largest absolute Gasteiger partial charge is 0.512 e. The number of carbonyl (C=O) groups is 2. The summed E-state index contributed by atoms with van der Waals surface area (Å²) in [5.41, 5.74) is 0. The van der Waals surface area contributed by atoms with Gasteiger partial charge in [0, 0.05) is 35.7 Å². The molecule has 0 bridgehead atoms. The van der Waals surface area contributed by atoms with Crippen LogP contribution in [-0.4, -0.2) is 93.9 Å². The fourth-order valence-corrected chi connectivity index (χ4v) is 5.56. The molecule has 158 valence electrons. The number of nitrogens with zero attached hydrogens (tertiary/aromatic N) is 2. The van der Waals surface area contributed by atoms with Crippen molar-refractivity contribution in [1.29, 1.82) is 0 Å². The maximum atomic E-state index is 12.3. The first-order chi connectivity index (χ1) is 13.2. The molecule has 3 aliphatic heterocycles. The maximum Gasteiger partial charge on any atom is 0.512 e. The molecule has 0 unspecified atom stereocenters. The van der Waals surface area contributed by atoms with Gasteiger partial charge in [0.05, 0.1) is 24.2 Å². The van der Waals surface area contributed by atoms with Gasteiger partial charge >= 0.3 is 6.16 Å². The molecule has 0 aromatic carbocycles. The minimum Gasteiger partial charge on any atom is -0.449 e. The SMILES string of the molecule is C[C@@H](O)[C@H]1C(=O)N2C(OC(=O)O)=C(S[C@@H]3CN[C@H]([C@H](O)CCN(C)C)C3)C[C@H]12. The predicted molar refractivity (Wildman–Crippen MR) is 104 cm³/mol. The summed E-state index contributed by atoms with van der Waals surface area (Å²) in [5, 5.41) is 32.8. The van der Waals surface area contributed by atoms with E-state index in [1.807, 2.05) is 19.0 Å². The Morgan fingerprint density at radius 2 is 2.14 bits per heavy atom. The number of β-lactam (4-membered cyclic amide) rings is 1. The number of aliphatic hydroxyl groups is 2. The number of carboxylic acid groups (broad SMARTS) is 1. The topological polar surface area (TPSA) is 123 Å². The van der Waals surface area contributed by atoms with Crippen molar-refractivity contribution in [3.05, 3.63) is 10.8 Å². The molecule has 10 heteroatoms. The van der Waals surface area contributed by atoms with E-state index in [4.69, 9.17) is 9.84 Å². The average molecular weight is 416 g/mol. The van der Waals surface area contributed by atoms with Crippen molar-refractivity contribution in [2.45, 2.75) is 55.7 Å². The summed E-state index contributed by atoms with van der Waals surface area (Å²) in [6.07, 6.45) is -0.766. The molecule has 1 amide bonds. The summed E-state index contributed by atoms with van der Waals surface area (Å²) < 4.78 is 4.93. The highest BCUT2D eigenvalue weighted by molar-refractivity contribution is 8.03. The molecule has 0 aliphatic carbocycles. The molecule has 0 aromatic heterocycles. The van der Waals surface area contributed by atoms with E-state index in [0.717, 1.165) is 17.9 Å². The van der Waals surface area contributed by atoms with Crippen LogP contribution in [0.1, 0.15) is 26.2 Å². The van der Waals surface area contributed by atoms with Crippen molar-refractivity contribution < 1.29 is 29.6 Å². The fraction of sp³-hybridized carbons (Fsp3) is 0.778. The molecule has 4 N–H and O–H groups in total. The van der Waals surface area contributed by atoms with Gasteiger partial charge in [-0.3, -0.25) is 9.69 Å². The van der Waals surface area contributed by atoms with E-state index in [-0.39, 0.29) is 29.1 Å². The molecule has 2 saturated heterocycles. The molecule has 28 heavy (non-hydrogen) atoms.